The number of anilines is 1. The van der Waals surface area contributed by atoms with Gasteiger partial charge in [0.15, 0.2) is 11.5 Å². The number of hydrogen-bond donors (Lipinski definition) is 4. The van der Waals surface area contributed by atoms with Crippen LogP contribution in [0.3, 0.4) is 0 Å². The summed E-state index contributed by atoms with van der Waals surface area (Å²) in [5.41, 5.74) is 20.0. The van der Waals surface area contributed by atoms with Gasteiger partial charge in [0.2, 0.25) is 0 Å². The van der Waals surface area contributed by atoms with E-state index in [9.17, 15) is 5.11 Å². The second-order valence-corrected chi connectivity index (χ2v) is 9.87. The number of hydrogen-bond acceptors (Lipinski definition) is 7. The molecule has 0 unspecified atom stereocenters. The van der Waals surface area contributed by atoms with Crippen LogP contribution < -0.4 is 16.8 Å². The zero-order valence-electron chi connectivity index (χ0n) is 22.5. The fourth-order valence-electron chi connectivity index (χ4n) is 4.92. The fourth-order valence-corrected chi connectivity index (χ4v) is 4.92. The summed E-state index contributed by atoms with van der Waals surface area (Å²) in [6, 6.07) is 31.9. The maximum atomic E-state index is 10.1. The van der Waals surface area contributed by atoms with Gasteiger partial charge in [-0.05, 0) is 66.6 Å². The quantitative estimate of drug-likeness (QED) is 0.185. The topological polar surface area (TPSA) is 128 Å². The summed E-state index contributed by atoms with van der Waals surface area (Å²) in [7, 11) is 0. The lowest BCUT2D eigenvalue weighted by molar-refractivity contribution is 0.467. The summed E-state index contributed by atoms with van der Waals surface area (Å²) in [4.78, 5) is 14.2. The number of phenolic OH excluding ortho intramolecular Hbond substituents is 1. The van der Waals surface area contributed by atoms with Crippen molar-refractivity contribution in [3.63, 3.8) is 0 Å². The molecular weight excluding hydrogens is 510 g/mol. The van der Waals surface area contributed by atoms with Crippen LogP contribution in [0.25, 0.3) is 39.5 Å². The average Bonchev–Trinajstić information content (AvgIpc) is 3.39. The molecule has 8 heteroatoms. The molecule has 6 aromatic rings. The minimum Gasteiger partial charge on any atom is -0.508 e. The molecule has 8 nitrogen and oxygen atoms in total. The number of nitrogens with zero attached hydrogens (tertiary/aromatic N) is 4. The number of benzene rings is 3. The van der Waals surface area contributed by atoms with Crippen LogP contribution >= 0.6 is 0 Å². The zero-order chi connectivity index (χ0) is 28.2. The number of nitrogens with two attached hydrogens (primary N) is 2. The molecule has 0 saturated heterocycles. The molecule has 0 aliphatic heterocycles. The Morgan fingerprint density at radius 1 is 0.829 bits per heavy atom. The molecule has 204 valence electrons. The van der Waals surface area contributed by atoms with Gasteiger partial charge >= 0.3 is 0 Å². The van der Waals surface area contributed by atoms with Gasteiger partial charge in [-0.2, -0.15) is 0 Å². The second-order valence-electron chi connectivity index (χ2n) is 9.87. The van der Waals surface area contributed by atoms with Gasteiger partial charge in [0, 0.05) is 36.1 Å². The summed E-state index contributed by atoms with van der Waals surface area (Å²) in [6.45, 7) is 1.83. The molecule has 41 heavy (non-hydrogen) atoms. The predicted octanol–water partition coefficient (Wildman–Crippen LogP) is 5.23. The SMILES string of the molecule is NCc1ccc(CCNCc2ccc(-n3c(-c4cccnc4N)nc4ccc(-c5ccccc5)nc43)cc2)cc1O. The summed E-state index contributed by atoms with van der Waals surface area (Å²) in [5, 5.41) is 13.5. The molecule has 3 aromatic carbocycles. The third-order valence-electron chi connectivity index (χ3n) is 7.14. The number of aromatic nitrogens is 4. The van der Waals surface area contributed by atoms with E-state index in [0.29, 0.717) is 18.2 Å². The molecule has 6 rings (SSSR count). The van der Waals surface area contributed by atoms with Crippen LogP contribution in [0.15, 0.2) is 103 Å². The third-order valence-corrected chi connectivity index (χ3v) is 7.14. The standard InChI is InChI=1S/C33H31N7O/c34-20-25-11-8-22(19-30(25)41)16-18-36-21-23-9-12-26(13-10-23)40-32(27-7-4-17-37-31(27)35)39-29-15-14-28(38-33(29)40)24-5-2-1-3-6-24/h1-15,17,19,36,41H,16,18,20-21,34H2,(H2,35,37). The van der Waals surface area contributed by atoms with Crippen LogP contribution in [0.4, 0.5) is 5.82 Å². The Labute approximate surface area is 238 Å². The molecular formula is C33H31N7O. The number of rotatable bonds is 9. The number of imidazole rings is 1. The van der Waals surface area contributed by atoms with Gasteiger partial charge in [0.25, 0.3) is 0 Å². The Hall–Kier alpha value is -5.05. The van der Waals surface area contributed by atoms with E-state index in [2.05, 4.69) is 46.7 Å². The van der Waals surface area contributed by atoms with E-state index < -0.39 is 0 Å². The predicted molar refractivity (Wildman–Crippen MR) is 163 cm³/mol. The second kappa shape index (κ2) is 11.6. The smallest absolute Gasteiger partial charge is 0.165 e. The number of fused-ring (bicyclic) bond motifs is 1. The van der Waals surface area contributed by atoms with Crippen molar-refractivity contribution >= 4 is 17.0 Å². The van der Waals surface area contributed by atoms with Crippen LogP contribution in [0.5, 0.6) is 5.75 Å². The first-order valence-electron chi connectivity index (χ1n) is 13.6. The maximum Gasteiger partial charge on any atom is 0.165 e. The van der Waals surface area contributed by atoms with Crippen LogP contribution in [0, 0.1) is 0 Å². The van der Waals surface area contributed by atoms with E-state index in [4.69, 9.17) is 21.4 Å². The molecule has 3 aromatic heterocycles. The van der Waals surface area contributed by atoms with Gasteiger partial charge in [-0.1, -0.05) is 54.6 Å². The first-order valence-corrected chi connectivity index (χ1v) is 13.6. The minimum atomic E-state index is 0.255. The molecule has 0 saturated carbocycles. The van der Waals surface area contributed by atoms with Crippen molar-refractivity contribution in [3.05, 3.63) is 120 Å². The fraction of sp³-hybridized carbons (Fsp3) is 0.121. The molecule has 0 atom stereocenters. The lowest BCUT2D eigenvalue weighted by Gasteiger charge is -2.12. The summed E-state index contributed by atoms with van der Waals surface area (Å²) < 4.78 is 2.05. The number of nitrogen functional groups attached to an aromatic ring is 1. The van der Waals surface area contributed by atoms with E-state index in [0.717, 1.165) is 69.9 Å². The summed E-state index contributed by atoms with van der Waals surface area (Å²) in [5.74, 6) is 1.36. The Balaban J connectivity index is 1.27. The lowest BCUT2D eigenvalue weighted by atomic mass is 10.1. The molecule has 0 spiro atoms. The highest BCUT2D eigenvalue weighted by molar-refractivity contribution is 5.84. The first-order chi connectivity index (χ1) is 20.1. The molecule has 0 fully saturated rings. The minimum absolute atomic E-state index is 0.255. The molecule has 0 aliphatic carbocycles. The Bertz CT molecular complexity index is 1800. The van der Waals surface area contributed by atoms with Crippen molar-refractivity contribution in [2.75, 3.05) is 12.3 Å². The van der Waals surface area contributed by atoms with Gasteiger partial charge in [-0.25, -0.2) is 15.0 Å². The number of nitrogens with one attached hydrogen (secondary N) is 1. The number of phenols is 1. The van der Waals surface area contributed by atoms with Crippen molar-refractivity contribution in [2.45, 2.75) is 19.5 Å². The van der Waals surface area contributed by atoms with Gasteiger partial charge < -0.3 is 21.9 Å². The largest absolute Gasteiger partial charge is 0.508 e. The highest BCUT2D eigenvalue weighted by Gasteiger charge is 2.18. The number of aromatic hydroxyl groups is 1. The van der Waals surface area contributed by atoms with E-state index in [1.165, 1.54) is 0 Å². The van der Waals surface area contributed by atoms with Gasteiger partial charge in [-0.3, -0.25) is 4.57 Å². The monoisotopic (exact) mass is 541 g/mol. The van der Waals surface area contributed by atoms with Crippen LogP contribution in [-0.2, 0) is 19.5 Å². The number of pyridine rings is 2. The van der Waals surface area contributed by atoms with Crippen molar-refractivity contribution < 1.29 is 5.11 Å². The van der Waals surface area contributed by atoms with Gasteiger partial charge in [0.1, 0.15) is 17.1 Å². The lowest BCUT2D eigenvalue weighted by Crippen LogP contribution is -2.16. The Morgan fingerprint density at radius 2 is 1.63 bits per heavy atom. The molecule has 0 bridgehead atoms. The van der Waals surface area contributed by atoms with Gasteiger partial charge in [0.05, 0.1) is 11.3 Å². The average molecular weight is 542 g/mol. The van der Waals surface area contributed by atoms with Crippen LogP contribution in [0.2, 0.25) is 0 Å². The molecule has 3 heterocycles. The maximum absolute atomic E-state index is 10.1. The molecule has 0 amide bonds. The van der Waals surface area contributed by atoms with Crippen LogP contribution in [0.1, 0.15) is 16.7 Å². The molecule has 0 aliphatic rings. The molecule has 0 radical (unpaired) electrons. The van der Waals surface area contributed by atoms with Crippen molar-refractivity contribution in [1.29, 1.82) is 0 Å². The van der Waals surface area contributed by atoms with Gasteiger partial charge in [-0.15, -0.1) is 0 Å². The summed E-state index contributed by atoms with van der Waals surface area (Å²) >= 11 is 0. The van der Waals surface area contributed by atoms with Crippen molar-refractivity contribution in [3.8, 4) is 34.1 Å². The van der Waals surface area contributed by atoms with E-state index >= 15 is 0 Å². The third kappa shape index (κ3) is 5.51. The van der Waals surface area contributed by atoms with Crippen molar-refractivity contribution in [2.24, 2.45) is 5.73 Å². The van der Waals surface area contributed by atoms with E-state index in [1.807, 2.05) is 59.2 Å². The first kappa shape index (κ1) is 26.2. The Kier molecular flexibility index (Phi) is 7.40. The normalized spacial score (nSPS) is 11.2. The van der Waals surface area contributed by atoms with E-state index in [1.54, 1.807) is 12.3 Å². The van der Waals surface area contributed by atoms with Crippen LogP contribution in [-0.4, -0.2) is 31.2 Å². The van der Waals surface area contributed by atoms with E-state index in [-0.39, 0.29) is 5.75 Å². The highest BCUT2D eigenvalue weighted by Crippen LogP contribution is 2.31. The summed E-state index contributed by atoms with van der Waals surface area (Å²) in [6.07, 6.45) is 2.49. The highest BCUT2D eigenvalue weighted by atomic mass is 16.3. The van der Waals surface area contributed by atoms with Crippen molar-refractivity contribution in [1.82, 2.24) is 24.8 Å². The zero-order valence-corrected chi connectivity index (χ0v) is 22.5. The molecule has 6 N–H and O–H groups in total. The Morgan fingerprint density at radius 3 is 2.39 bits per heavy atom.